The third kappa shape index (κ3) is 0.891. The van der Waals surface area contributed by atoms with E-state index < -0.39 is 11.6 Å². The van der Waals surface area contributed by atoms with E-state index in [-0.39, 0.29) is 5.60 Å². The van der Waals surface area contributed by atoms with Crippen LogP contribution in [0, 0.1) is 0 Å². The lowest BCUT2D eigenvalue weighted by Gasteiger charge is -2.11. The van der Waals surface area contributed by atoms with Crippen LogP contribution < -0.4 is 0 Å². The molecule has 0 amide bonds. The van der Waals surface area contributed by atoms with Gasteiger partial charge in [0.05, 0.1) is 0 Å². The van der Waals surface area contributed by atoms with Crippen LogP contribution in [0.5, 0.6) is 0 Å². The molecule has 0 aliphatic carbocycles. The summed E-state index contributed by atoms with van der Waals surface area (Å²) >= 11 is 0. The number of aliphatic carboxylic acids is 1. The van der Waals surface area contributed by atoms with Crippen molar-refractivity contribution >= 4 is 5.97 Å². The van der Waals surface area contributed by atoms with Crippen LogP contribution in [-0.2, 0) is 9.53 Å². The van der Waals surface area contributed by atoms with E-state index in [1.807, 2.05) is 20.8 Å². The molecule has 0 spiro atoms. The molecule has 1 saturated heterocycles. The first kappa shape index (κ1) is 9.52. The van der Waals surface area contributed by atoms with Gasteiger partial charge in [-0.25, -0.2) is 4.79 Å². The van der Waals surface area contributed by atoms with Crippen molar-refractivity contribution in [1.29, 1.82) is 0 Å². The first-order valence-corrected chi connectivity index (χ1v) is 4.52. The minimum Gasteiger partial charge on any atom is -0.479 e. The van der Waals surface area contributed by atoms with Crippen LogP contribution in [0.2, 0.25) is 0 Å². The molecule has 1 atom stereocenters. The van der Waals surface area contributed by atoms with Crippen LogP contribution in [0.4, 0.5) is 0 Å². The first-order valence-electron chi connectivity index (χ1n) is 4.52. The summed E-state index contributed by atoms with van der Waals surface area (Å²) in [6.45, 7) is 5.81. The Kier molecular flexibility index (Phi) is 2.17. The molecule has 1 fully saturated rings. The molecule has 1 rings (SSSR count). The van der Waals surface area contributed by atoms with Gasteiger partial charge in [-0.1, -0.05) is 20.8 Å². The molecule has 0 saturated carbocycles. The number of ether oxygens (including phenoxy) is 1. The smallest absolute Gasteiger partial charge is 0.339 e. The zero-order chi connectivity index (χ0) is 9.41. The van der Waals surface area contributed by atoms with Gasteiger partial charge in [-0.2, -0.15) is 0 Å². The summed E-state index contributed by atoms with van der Waals surface area (Å²) in [6, 6.07) is 0. The minimum atomic E-state index is -0.878. The molecule has 0 radical (unpaired) electrons. The van der Waals surface area contributed by atoms with Gasteiger partial charge in [0.25, 0.3) is 0 Å². The standard InChI is InChI=1S/C9H16O3/c1-4-8(5-2)9(6-3,12-8)7(10)11/h4-6H2,1-3H3,(H,10,11). The van der Waals surface area contributed by atoms with Gasteiger partial charge in [-0.3, -0.25) is 0 Å². The summed E-state index contributed by atoms with van der Waals surface area (Å²) in [5.74, 6) is -0.811. The molecule has 0 aromatic carbocycles. The normalized spacial score (nSPS) is 31.6. The monoisotopic (exact) mass is 172 g/mol. The van der Waals surface area contributed by atoms with Gasteiger partial charge in [-0.15, -0.1) is 0 Å². The van der Waals surface area contributed by atoms with E-state index in [9.17, 15) is 4.79 Å². The van der Waals surface area contributed by atoms with Crippen molar-refractivity contribution in [3.05, 3.63) is 0 Å². The highest BCUT2D eigenvalue weighted by atomic mass is 16.7. The third-order valence-corrected chi connectivity index (χ3v) is 3.05. The van der Waals surface area contributed by atoms with Crippen molar-refractivity contribution in [3.63, 3.8) is 0 Å². The Hall–Kier alpha value is -0.570. The highest BCUT2D eigenvalue weighted by Crippen LogP contribution is 2.54. The van der Waals surface area contributed by atoms with E-state index >= 15 is 0 Å². The Morgan fingerprint density at radius 3 is 1.83 bits per heavy atom. The quantitative estimate of drug-likeness (QED) is 0.658. The van der Waals surface area contributed by atoms with Crippen LogP contribution in [0.15, 0.2) is 0 Å². The fraction of sp³-hybridized carbons (Fsp3) is 0.889. The number of rotatable bonds is 4. The van der Waals surface area contributed by atoms with Gasteiger partial charge >= 0.3 is 5.97 Å². The predicted octanol–water partition coefficient (Wildman–Crippen LogP) is 1.81. The van der Waals surface area contributed by atoms with Crippen molar-refractivity contribution in [2.24, 2.45) is 0 Å². The SMILES string of the molecule is CCC1(CC)OC1(CC)C(=O)O. The molecule has 1 aliphatic rings. The third-order valence-electron chi connectivity index (χ3n) is 3.05. The molecule has 0 bridgehead atoms. The average molecular weight is 172 g/mol. The molecule has 0 aromatic heterocycles. The van der Waals surface area contributed by atoms with Crippen LogP contribution in [0.3, 0.4) is 0 Å². The zero-order valence-corrected chi connectivity index (χ0v) is 7.89. The van der Waals surface area contributed by atoms with E-state index in [1.54, 1.807) is 0 Å². The van der Waals surface area contributed by atoms with Gasteiger partial charge < -0.3 is 9.84 Å². The van der Waals surface area contributed by atoms with Gasteiger partial charge in [0.15, 0.2) is 5.60 Å². The molecular formula is C9H16O3. The lowest BCUT2D eigenvalue weighted by molar-refractivity contribution is -0.143. The van der Waals surface area contributed by atoms with Gasteiger partial charge in [0, 0.05) is 0 Å². The lowest BCUT2D eigenvalue weighted by Crippen LogP contribution is -2.32. The van der Waals surface area contributed by atoms with Crippen molar-refractivity contribution in [3.8, 4) is 0 Å². The highest BCUT2D eigenvalue weighted by Gasteiger charge is 2.71. The van der Waals surface area contributed by atoms with E-state index in [0.717, 1.165) is 12.8 Å². The van der Waals surface area contributed by atoms with Gasteiger partial charge in [-0.05, 0) is 19.3 Å². The second-order valence-corrected chi connectivity index (χ2v) is 3.29. The van der Waals surface area contributed by atoms with Crippen molar-refractivity contribution in [2.75, 3.05) is 0 Å². The molecule has 1 N–H and O–H groups in total. The topological polar surface area (TPSA) is 49.8 Å². The van der Waals surface area contributed by atoms with E-state index in [2.05, 4.69) is 0 Å². The van der Waals surface area contributed by atoms with E-state index in [1.165, 1.54) is 0 Å². The molecule has 1 aliphatic heterocycles. The Balaban J connectivity index is 2.83. The molecule has 70 valence electrons. The summed E-state index contributed by atoms with van der Waals surface area (Å²) < 4.78 is 5.40. The number of epoxide rings is 1. The van der Waals surface area contributed by atoms with Crippen molar-refractivity contribution in [1.82, 2.24) is 0 Å². The molecule has 12 heavy (non-hydrogen) atoms. The van der Waals surface area contributed by atoms with Gasteiger partial charge in [0.1, 0.15) is 5.60 Å². The maximum atomic E-state index is 10.9. The minimum absolute atomic E-state index is 0.381. The summed E-state index contributed by atoms with van der Waals surface area (Å²) in [6.07, 6.45) is 2.12. The Morgan fingerprint density at radius 1 is 1.25 bits per heavy atom. The molecule has 1 unspecified atom stereocenters. The molecular weight excluding hydrogens is 156 g/mol. The number of carboxylic acid groups (broad SMARTS) is 1. The molecule has 0 aromatic rings. The van der Waals surface area contributed by atoms with Crippen LogP contribution in [-0.4, -0.2) is 22.3 Å². The van der Waals surface area contributed by atoms with Crippen molar-refractivity contribution in [2.45, 2.75) is 51.2 Å². The highest BCUT2D eigenvalue weighted by molar-refractivity contribution is 5.83. The molecule has 3 heteroatoms. The largest absolute Gasteiger partial charge is 0.479 e. The maximum Gasteiger partial charge on any atom is 0.339 e. The van der Waals surface area contributed by atoms with E-state index in [4.69, 9.17) is 9.84 Å². The second kappa shape index (κ2) is 2.73. The van der Waals surface area contributed by atoms with Crippen LogP contribution >= 0.6 is 0 Å². The molecule has 1 heterocycles. The number of hydrogen-bond acceptors (Lipinski definition) is 2. The van der Waals surface area contributed by atoms with Crippen LogP contribution in [0.25, 0.3) is 0 Å². The predicted molar refractivity (Wildman–Crippen MR) is 45.1 cm³/mol. The lowest BCUT2D eigenvalue weighted by atomic mass is 9.86. The zero-order valence-electron chi connectivity index (χ0n) is 7.89. The number of hydrogen-bond donors (Lipinski definition) is 1. The van der Waals surface area contributed by atoms with E-state index in [0.29, 0.717) is 6.42 Å². The number of carboxylic acids is 1. The second-order valence-electron chi connectivity index (χ2n) is 3.29. The fourth-order valence-corrected chi connectivity index (χ4v) is 2.06. The van der Waals surface area contributed by atoms with Crippen molar-refractivity contribution < 1.29 is 14.6 Å². The summed E-state index contributed by atoms with van der Waals surface area (Å²) in [5.41, 5.74) is -1.26. The first-order chi connectivity index (χ1) is 5.58. The fourth-order valence-electron chi connectivity index (χ4n) is 2.06. The summed E-state index contributed by atoms with van der Waals surface area (Å²) in [4.78, 5) is 10.9. The summed E-state index contributed by atoms with van der Waals surface area (Å²) in [7, 11) is 0. The van der Waals surface area contributed by atoms with Gasteiger partial charge in [0.2, 0.25) is 0 Å². The summed E-state index contributed by atoms with van der Waals surface area (Å²) in [5, 5.41) is 8.98. The Morgan fingerprint density at radius 2 is 1.75 bits per heavy atom. The Labute approximate surface area is 72.7 Å². The molecule has 3 nitrogen and oxygen atoms in total. The average Bonchev–Trinajstić information content (AvgIpc) is 2.75. The maximum absolute atomic E-state index is 10.9. The van der Waals surface area contributed by atoms with Crippen LogP contribution in [0.1, 0.15) is 40.0 Å². The Bertz CT molecular complexity index is 196. The number of carbonyl (C=O) groups is 1.